The number of rotatable bonds is 2. The molecule has 0 radical (unpaired) electrons. The Kier molecular flexibility index (Phi) is 2.83. The molecule has 0 saturated carbocycles. The van der Waals surface area contributed by atoms with Crippen LogP contribution in [-0.2, 0) is 6.54 Å². The van der Waals surface area contributed by atoms with Crippen molar-refractivity contribution in [1.29, 1.82) is 0 Å². The quantitative estimate of drug-likeness (QED) is 0.728. The van der Waals surface area contributed by atoms with E-state index in [0.29, 0.717) is 12.1 Å². The van der Waals surface area contributed by atoms with Crippen LogP contribution >= 0.6 is 16.1 Å². The van der Waals surface area contributed by atoms with Gasteiger partial charge >= 0.3 is 0 Å². The Morgan fingerprint density at radius 3 is 2.70 bits per heavy atom. The predicted octanol–water partition coefficient (Wildman–Crippen LogP) is 2.23. The Morgan fingerprint density at radius 1 is 1.40 bits per heavy atom. The van der Waals surface area contributed by atoms with Crippen LogP contribution in [0.5, 0.6) is 0 Å². The van der Waals surface area contributed by atoms with Gasteiger partial charge in [0.25, 0.3) is 0 Å². The average molecular weight is 204 g/mol. The lowest BCUT2D eigenvalue weighted by Gasteiger charge is -1.98. The van der Waals surface area contributed by atoms with E-state index in [9.17, 15) is 4.39 Å². The molecule has 1 nitrogen and oxygen atoms in total. The zero-order valence-corrected chi connectivity index (χ0v) is 6.86. The molecule has 0 unspecified atom stereocenters. The second kappa shape index (κ2) is 3.68. The van der Waals surface area contributed by atoms with E-state index in [1.165, 1.54) is 6.07 Å². The molecule has 0 heterocycles. The minimum absolute atomic E-state index is 0.172. The van der Waals surface area contributed by atoms with Crippen molar-refractivity contribution < 1.29 is 4.39 Å². The predicted molar refractivity (Wildman–Crippen MR) is 42.2 cm³/mol. The lowest BCUT2D eigenvalue weighted by atomic mass is 10.2. The SMILES string of the molecule is Fc1ccccc1CNBr. The minimum atomic E-state index is -0.172. The molecular weight excluding hydrogens is 197 g/mol. The molecule has 0 spiro atoms. The molecule has 0 aliphatic carbocycles. The maximum Gasteiger partial charge on any atom is 0.127 e. The summed E-state index contributed by atoms with van der Waals surface area (Å²) in [7, 11) is 0. The van der Waals surface area contributed by atoms with Crippen molar-refractivity contribution in [2.45, 2.75) is 6.54 Å². The highest BCUT2D eigenvalue weighted by Crippen LogP contribution is 2.05. The van der Waals surface area contributed by atoms with Gasteiger partial charge in [-0.2, -0.15) is 0 Å². The lowest BCUT2D eigenvalue weighted by Crippen LogP contribution is -1.99. The van der Waals surface area contributed by atoms with Gasteiger partial charge in [0.2, 0.25) is 0 Å². The smallest absolute Gasteiger partial charge is 0.127 e. The van der Waals surface area contributed by atoms with Crippen molar-refractivity contribution in [2.24, 2.45) is 0 Å². The molecule has 0 saturated heterocycles. The first-order valence-electron chi connectivity index (χ1n) is 2.91. The van der Waals surface area contributed by atoms with E-state index < -0.39 is 0 Å². The summed E-state index contributed by atoms with van der Waals surface area (Å²) in [4.78, 5) is 0. The van der Waals surface area contributed by atoms with Gasteiger partial charge < -0.3 is 0 Å². The highest BCUT2D eigenvalue weighted by molar-refractivity contribution is 9.08. The van der Waals surface area contributed by atoms with Crippen LogP contribution in [0.2, 0.25) is 0 Å². The highest BCUT2D eigenvalue weighted by Gasteiger charge is 1.96. The van der Waals surface area contributed by atoms with E-state index in [1.54, 1.807) is 12.1 Å². The van der Waals surface area contributed by atoms with Gasteiger partial charge in [-0.1, -0.05) is 18.2 Å². The van der Waals surface area contributed by atoms with Crippen LogP contribution in [-0.4, -0.2) is 0 Å². The molecule has 0 aromatic heterocycles. The normalized spacial score (nSPS) is 9.80. The van der Waals surface area contributed by atoms with Gasteiger partial charge in [0.1, 0.15) is 5.82 Å². The zero-order chi connectivity index (χ0) is 7.40. The van der Waals surface area contributed by atoms with E-state index in [0.717, 1.165) is 0 Å². The summed E-state index contributed by atoms with van der Waals surface area (Å²) in [5, 5.41) is 0. The maximum absolute atomic E-state index is 12.7. The summed E-state index contributed by atoms with van der Waals surface area (Å²) in [6, 6.07) is 6.67. The summed E-state index contributed by atoms with van der Waals surface area (Å²) in [5.74, 6) is -0.172. The molecule has 0 amide bonds. The van der Waals surface area contributed by atoms with Gasteiger partial charge in [-0.05, 0) is 6.07 Å². The van der Waals surface area contributed by atoms with Crippen LogP contribution in [0.3, 0.4) is 0 Å². The first kappa shape index (κ1) is 7.69. The third-order valence-corrected chi connectivity index (χ3v) is 1.50. The molecule has 10 heavy (non-hydrogen) atoms. The number of halogens is 2. The fraction of sp³-hybridized carbons (Fsp3) is 0.143. The van der Waals surface area contributed by atoms with Gasteiger partial charge in [0, 0.05) is 28.3 Å². The van der Waals surface area contributed by atoms with Crippen molar-refractivity contribution in [3.8, 4) is 0 Å². The van der Waals surface area contributed by atoms with Crippen LogP contribution < -0.4 is 4.34 Å². The third-order valence-electron chi connectivity index (χ3n) is 1.22. The number of benzene rings is 1. The van der Waals surface area contributed by atoms with Crippen LogP contribution in [0.15, 0.2) is 24.3 Å². The lowest BCUT2D eigenvalue weighted by molar-refractivity contribution is 0.608. The molecule has 1 N–H and O–H groups in total. The van der Waals surface area contributed by atoms with Crippen LogP contribution in [0.1, 0.15) is 5.56 Å². The topological polar surface area (TPSA) is 12.0 Å². The number of nitrogens with one attached hydrogen (secondary N) is 1. The monoisotopic (exact) mass is 203 g/mol. The number of hydrogen-bond acceptors (Lipinski definition) is 1. The first-order chi connectivity index (χ1) is 4.84. The molecule has 0 aliphatic heterocycles. The van der Waals surface area contributed by atoms with Crippen molar-refractivity contribution in [1.82, 2.24) is 4.34 Å². The standard InChI is InChI=1S/C7H7BrFN/c8-10-5-6-3-1-2-4-7(6)9/h1-4,10H,5H2. The van der Waals surface area contributed by atoms with E-state index in [2.05, 4.69) is 20.5 Å². The van der Waals surface area contributed by atoms with Gasteiger partial charge in [0.05, 0.1) is 0 Å². The van der Waals surface area contributed by atoms with Crippen LogP contribution in [0.4, 0.5) is 4.39 Å². The molecule has 3 heteroatoms. The van der Waals surface area contributed by atoms with Crippen molar-refractivity contribution in [3.05, 3.63) is 35.6 Å². The maximum atomic E-state index is 12.7. The van der Waals surface area contributed by atoms with Crippen LogP contribution in [0, 0.1) is 5.82 Å². The second-order valence-electron chi connectivity index (χ2n) is 1.90. The highest BCUT2D eigenvalue weighted by atomic mass is 79.9. The van der Waals surface area contributed by atoms with E-state index in [1.807, 2.05) is 6.07 Å². The molecular formula is C7H7BrFN. The molecule has 1 aromatic rings. The summed E-state index contributed by atoms with van der Waals surface area (Å²) >= 11 is 3.00. The molecule has 54 valence electrons. The Bertz CT molecular complexity index is 215. The Morgan fingerprint density at radius 2 is 2.10 bits per heavy atom. The van der Waals surface area contributed by atoms with Gasteiger partial charge in [-0.25, -0.2) is 4.39 Å². The fourth-order valence-electron chi connectivity index (χ4n) is 0.714. The van der Waals surface area contributed by atoms with Crippen molar-refractivity contribution >= 4 is 16.1 Å². The summed E-state index contributed by atoms with van der Waals surface area (Å²) in [6.45, 7) is 0.507. The van der Waals surface area contributed by atoms with Gasteiger partial charge in [0.15, 0.2) is 0 Å². The Labute approximate surface area is 67.6 Å². The number of hydrogen-bond donors (Lipinski definition) is 1. The third kappa shape index (κ3) is 1.78. The largest absolute Gasteiger partial charge is 0.251 e. The zero-order valence-electron chi connectivity index (χ0n) is 5.27. The molecule has 0 aliphatic rings. The van der Waals surface area contributed by atoms with Crippen molar-refractivity contribution in [2.75, 3.05) is 0 Å². The molecule has 1 aromatic carbocycles. The summed E-state index contributed by atoms with van der Waals surface area (Å²) in [5.41, 5.74) is 0.666. The first-order valence-corrected chi connectivity index (χ1v) is 3.71. The molecule has 0 atom stereocenters. The summed E-state index contributed by atoms with van der Waals surface area (Å²) < 4.78 is 15.4. The Balaban J connectivity index is 2.81. The van der Waals surface area contributed by atoms with E-state index in [-0.39, 0.29) is 5.82 Å². The Hall–Kier alpha value is -0.410. The molecule has 0 bridgehead atoms. The fourth-order valence-corrected chi connectivity index (χ4v) is 1.02. The molecule has 1 rings (SSSR count). The van der Waals surface area contributed by atoms with Crippen molar-refractivity contribution in [3.63, 3.8) is 0 Å². The minimum Gasteiger partial charge on any atom is -0.251 e. The second-order valence-corrected chi connectivity index (χ2v) is 2.46. The average Bonchev–Trinajstić information content (AvgIpc) is 1.94. The summed E-state index contributed by atoms with van der Waals surface area (Å²) in [6.07, 6.45) is 0. The van der Waals surface area contributed by atoms with Crippen LogP contribution in [0.25, 0.3) is 0 Å². The van der Waals surface area contributed by atoms with E-state index >= 15 is 0 Å². The van der Waals surface area contributed by atoms with Gasteiger partial charge in [-0.15, -0.1) is 0 Å². The van der Waals surface area contributed by atoms with Gasteiger partial charge in [-0.3, -0.25) is 4.34 Å². The molecule has 0 fully saturated rings. The van der Waals surface area contributed by atoms with E-state index in [4.69, 9.17) is 0 Å².